The van der Waals surface area contributed by atoms with E-state index in [1.165, 1.54) is 0 Å². The molecule has 0 fully saturated rings. The Morgan fingerprint density at radius 1 is 0.326 bits per heavy atom. The Kier molecular flexibility index (Phi) is 6.10. The van der Waals surface area contributed by atoms with E-state index in [0.717, 1.165) is 88.4 Å². The second-order valence-electron chi connectivity index (χ2n) is 11.5. The van der Waals surface area contributed by atoms with Gasteiger partial charge in [-0.2, -0.15) is 0 Å². The molecule has 0 bridgehead atoms. The summed E-state index contributed by atoms with van der Waals surface area (Å²) in [5.41, 5.74) is 12.1. The molecule has 0 atom stereocenters. The van der Waals surface area contributed by atoms with E-state index >= 15 is 0 Å². The molecule has 0 spiro atoms. The second kappa shape index (κ2) is 10.7. The number of rotatable bonds is 4. The molecule has 9 aromatic rings. The summed E-state index contributed by atoms with van der Waals surface area (Å²) in [5, 5.41) is 4.32. The summed E-state index contributed by atoms with van der Waals surface area (Å²) in [4.78, 5) is 19.8. The van der Waals surface area contributed by atoms with Gasteiger partial charge in [0.1, 0.15) is 0 Å². The first-order valence-electron chi connectivity index (χ1n) is 15.4. The highest BCUT2D eigenvalue weighted by atomic mass is 14.8. The number of nitrogens with zero attached hydrogens (tertiary/aromatic N) is 4. The minimum atomic E-state index is 0.908. The smallest absolute Gasteiger partial charge is 0.0978 e. The summed E-state index contributed by atoms with van der Waals surface area (Å²) in [6, 6.07) is 50.7. The number of pyridine rings is 4. The fourth-order valence-electron chi connectivity index (χ4n) is 6.48. The zero-order valence-electron chi connectivity index (χ0n) is 24.8. The van der Waals surface area contributed by atoms with Crippen molar-refractivity contribution in [1.29, 1.82) is 0 Å². The molecule has 4 nitrogen and oxygen atoms in total. The molecule has 214 valence electrons. The van der Waals surface area contributed by atoms with E-state index in [4.69, 9.17) is 19.9 Å². The van der Waals surface area contributed by atoms with Gasteiger partial charge < -0.3 is 0 Å². The van der Waals surface area contributed by atoms with Gasteiger partial charge in [-0.3, -0.25) is 9.97 Å². The van der Waals surface area contributed by atoms with Crippen LogP contribution in [0.25, 0.3) is 88.4 Å². The predicted molar refractivity (Wildman–Crippen MR) is 189 cm³/mol. The molecule has 0 radical (unpaired) electrons. The van der Waals surface area contributed by atoms with E-state index < -0.39 is 0 Å². The topological polar surface area (TPSA) is 51.6 Å². The Morgan fingerprint density at radius 2 is 0.761 bits per heavy atom. The zero-order valence-corrected chi connectivity index (χ0v) is 24.8. The van der Waals surface area contributed by atoms with Crippen LogP contribution >= 0.6 is 0 Å². The molecule has 0 saturated carbocycles. The average molecular weight is 587 g/mol. The molecule has 4 aromatic heterocycles. The van der Waals surface area contributed by atoms with Crippen LogP contribution in [0.4, 0.5) is 0 Å². The molecule has 0 amide bonds. The molecular formula is C42H26N4. The number of hydrogen-bond donors (Lipinski definition) is 0. The van der Waals surface area contributed by atoms with Crippen LogP contribution in [-0.4, -0.2) is 19.9 Å². The summed E-state index contributed by atoms with van der Waals surface area (Å²) in [5.74, 6) is 0. The lowest BCUT2D eigenvalue weighted by Crippen LogP contribution is -1.93. The third kappa shape index (κ3) is 4.39. The van der Waals surface area contributed by atoms with Gasteiger partial charge in [0.25, 0.3) is 0 Å². The lowest BCUT2D eigenvalue weighted by atomic mass is 9.93. The van der Waals surface area contributed by atoms with Crippen molar-refractivity contribution in [2.24, 2.45) is 0 Å². The first-order valence-corrected chi connectivity index (χ1v) is 15.4. The number of fused-ring (bicyclic) bond motifs is 6. The van der Waals surface area contributed by atoms with Crippen LogP contribution in [0.3, 0.4) is 0 Å². The molecule has 4 heteroatoms. The number of aromatic nitrogens is 4. The first-order chi connectivity index (χ1) is 22.8. The van der Waals surface area contributed by atoms with Gasteiger partial charge in [-0.25, -0.2) is 9.97 Å². The minimum Gasteiger partial charge on any atom is -0.254 e. The summed E-state index contributed by atoms with van der Waals surface area (Å²) in [7, 11) is 0. The van der Waals surface area contributed by atoms with Gasteiger partial charge in [-0.1, -0.05) is 121 Å². The summed E-state index contributed by atoms with van der Waals surface area (Å²) in [6.45, 7) is 0. The van der Waals surface area contributed by atoms with Crippen LogP contribution < -0.4 is 0 Å². The maximum absolute atomic E-state index is 5.15. The average Bonchev–Trinajstić information content (AvgIpc) is 3.14. The highest BCUT2D eigenvalue weighted by Crippen LogP contribution is 2.38. The first kappa shape index (κ1) is 26.2. The van der Waals surface area contributed by atoms with Crippen molar-refractivity contribution in [1.82, 2.24) is 19.9 Å². The fourth-order valence-corrected chi connectivity index (χ4v) is 6.48. The molecule has 9 rings (SSSR count). The largest absolute Gasteiger partial charge is 0.254 e. The molecular weight excluding hydrogens is 560 g/mol. The van der Waals surface area contributed by atoms with E-state index in [2.05, 4.69) is 121 Å². The van der Waals surface area contributed by atoms with Gasteiger partial charge in [0.15, 0.2) is 0 Å². The van der Waals surface area contributed by atoms with Crippen LogP contribution in [0.15, 0.2) is 158 Å². The van der Waals surface area contributed by atoms with Crippen LogP contribution in [0.1, 0.15) is 0 Å². The standard InChI is InChI=1S/C42H26N4/c1-3-9-29(10-4-1)37-25-35(33-21-19-31-13-7-23-43-39(31)41(33)45-37)27-15-17-28(18-16-27)36-26-38(30-11-5-2-6-12-30)46-42-34(36)22-20-32-14-8-24-44-40(32)42/h1-26H. The molecule has 5 aromatic carbocycles. The van der Waals surface area contributed by atoms with Crippen LogP contribution in [0.2, 0.25) is 0 Å². The normalized spacial score (nSPS) is 11.5. The van der Waals surface area contributed by atoms with Crippen molar-refractivity contribution in [2.45, 2.75) is 0 Å². The maximum Gasteiger partial charge on any atom is 0.0978 e. The van der Waals surface area contributed by atoms with Crippen molar-refractivity contribution in [3.63, 3.8) is 0 Å². The second-order valence-corrected chi connectivity index (χ2v) is 11.5. The van der Waals surface area contributed by atoms with Gasteiger partial charge in [0.05, 0.1) is 33.5 Å². The molecule has 0 N–H and O–H groups in total. The van der Waals surface area contributed by atoms with E-state index in [-0.39, 0.29) is 0 Å². The van der Waals surface area contributed by atoms with Gasteiger partial charge in [-0.15, -0.1) is 0 Å². The molecule has 4 heterocycles. The molecule has 0 aliphatic heterocycles. The lowest BCUT2D eigenvalue weighted by Gasteiger charge is -2.14. The molecule has 0 unspecified atom stereocenters. The third-order valence-corrected chi connectivity index (χ3v) is 8.75. The van der Waals surface area contributed by atoms with E-state index in [0.29, 0.717) is 0 Å². The number of hydrogen-bond acceptors (Lipinski definition) is 4. The van der Waals surface area contributed by atoms with Gasteiger partial charge in [-0.05, 0) is 46.5 Å². The van der Waals surface area contributed by atoms with Crippen molar-refractivity contribution in [2.75, 3.05) is 0 Å². The quantitative estimate of drug-likeness (QED) is 0.193. The minimum absolute atomic E-state index is 0.908. The van der Waals surface area contributed by atoms with Crippen molar-refractivity contribution in [3.8, 4) is 44.8 Å². The maximum atomic E-state index is 5.15. The van der Waals surface area contributed by atoms with E-state index in [1.807, 2.05) is 36.7 Å². The highest BCUT2D eigenvalue weighted by Gasteiger charge is 2.16. The van der Waals surface area contributed by atoms with E-state index in [9.17, 15) is 0 Å². The monoisotopic (exact) mass is 586 g/mol. The summed E-state index contributed by atoms with van der Waals surface area (Å²) < 4.78 is 0. The molecule has 46 heavy (non-hydrogen) atoms. The summed E-state index contributed by atoms with van der Waals surface area (Å²) in [6.07, 6.45) is 3.68. The SMILES string of the molecule is c1ccc(-c2cc(-c3ccc(-c4cc(-c5ccccc5)nc5c4ccc4cccnc45)cc3)c3ccc4cccnc4c3n2)cc1. The Labute approximate surface area is 265 Å². The lowest BCUT2D eigenvalue weighted by molar-refractivity contribution is 1.37. The van der Waals surface area contributed by atoms with E-state index in [1.54, 1.807) is 0 Å². The molecule has 0 aliphatic rings. The predicted octanol–water partition coefficient (Wildman–Crippen LogP) is 10.5. The van der Waals surface area contributed by atoms with Crippen molar-refractivity contribution >= 4 is 43.6 Å². The van der Waals surface area contributed by atoms with Crippen LogP contribution in [0.5, 0.6) is 0 Å². The van der Waals surface area contributed by atoms with Gasteiger partial charge >= 0.3 is 0 Å². The van der Waals surface area contributed by atoms with Gasteiger partial charge in [0, 0.05) is 45.1 Å². The molecule has 0 aliphatic carbocycles. The van der Waals surface area contributed by atoms with Gasteiger partial charge in [0.2, 0.25) is 0 Å². The molecule has 0 saturated heterocycles. The van der Waals surface area contributed by atoms with Crippen LogP contribution in [0, 0.1) is 0 Å². The van der Waals surface area contributed by atoms with Crippen LogP contribution in [-0.2, 0) is 0 Å². The zero-order chi connectivity index (χ0) is 30.5. The Hall–Kier alpha value is -6.26. The Balaban J connectivity index is 1.25. The summed E-state index contributed by atoms with van der Waals surface area (Å²) >= 11 is 0. The highest BCUT2D eigenvalue weighted by molar-refractivity contribution is 6.11. The Morgan fingerprint density at radius 3 is 1.20 bits per heavy atom. The third-order valence-electron chi connectivity index (χ3n) is 8.75. The fraction of sp³-hybridized carbons (Fsp3) is 0. The van der Waals surface area contributed by atoms with Crippen molar-refractivity contribution < 1.29 is 0 Å². The van der Waals surface area contributed by atoms with Crippen molar-refractivity contribution in [3.05, 3.63) is 158 Å². The Bertz CT molecular complexity index is 2380. The number of benzene rings is 5.